The normalized spacial score (nSPS) is 12.0. The average molecular weight is 357 g/mol. The fraction of sp³-hybridized carbons (Fsp3) is 0.143. The van der Waals surface area contributed by atoms with Gasteiger partial charge in [0.25, 0.3) is 5.69 Å². The molecule has 0 fully saturated rings. The summed E-state index contributed by atoms with van der Waals surface area (Å²) in [7, 11) is 0. The number of anilines is 1. The molecule has 2 aromatic rings. The van der Waals surface area contributed by atoms with E-state index in [1.165, 1.54) is 6.07 Å². The van der Waals surface area contributed by atoms with Crippen LogP contribution in [0.3, 0.4) is 0 Å². The highest BCUT2D eigenvalue weighted by Crippen LogP contribution is 2.30. The summed E-state index contributed by atoms with van der Waals surface area (Å²) in [5.41, 5.74) is 0.266. The molecule has 7 heteroatoms. The van der Waals surface area contributed by atoms with E-state index in [1.807, 2.05) is 0 Å². The van der Waals surface area contributed by atoms with Gasteiger partial charge in [0.05, 0.1) is 26.7 Å². The number of para-hydroxylation sites is 1. The number of hydrogen-bond donors (Lipinski definition) is 1. The highest BCUT2D eigenvalue weighted by Gasteiger charge is 2.19. The van der Waals surface area contributed by atoms with Crippen LogP contribution < -0.4 is 5.32 Å². The Hall–Kier alpha value is -2.02. The molecule has 2 rings (SSSR count). The van der Waals surface area contributed by atoms with Crippen LogP contribution in [0.1, 0.15) is 18.5 Å². The number of benzene rings is 2. The molecule has 0 amide bonds. The standard InChI is InChI=1S/C14H11BrF2N2O2/c1-8(9-4-2-3-5-14(9)19(20)21)18-13-7-11(16)10(15)6-12(13)17/h2-8,18H,1H3. The summed E-state index contributed by atoms with van der Waals surface area (Å²) >= 11 is 2.89. The third-order valence-corrected chi connectivity index (χ3v) is 3.59. The van der Waals surface area contributed by atoms with Gasteiger partial charge in [0, 0.05) is 12.1 Å². The first-order valence-electron chi connectivity index (χ1n) is 6.04. The molecule has 0 heterocycles. The molecule has 110 valence electrons. The molecule has 2 aromatic carbocycles. The zero-order valence-electron chi connectivity index (χ0n) is 10.9. The lowest BCUT2D eigenvalue weighted by molar-refractivity contribution is -0.385. The fourth-order valence-corrected chi connectivity index (χ4v) is 2.28. The summed E-state index contributed by atoms with van der Waals surface area (Å²) in [6.45, 7) is 1.64. The molecule has 0 radical (unpaired) electrons. The zero-order chi connectivity index (χ0) is 15.6. The van der Waals surface area contributed by atoms with Crippen molar-refractivity contribution in [2.45, 2.75) is 13.0 Å². The highest BCUT2D eigenvalue weighted by molar-refractivity contribution is 9.10. The van der Waals surface area contributed by atoms with Crippen LogP contribution in [-0.4, -0.2) is 4.92 Å². The van der Waals surface area contributed by atoms with Gasteiger partial charge in [-0.2, -0.15) is 0 Å². The Morgan fingerprint density at radius 3 is 2.57 bits per heavy atom. The summed E-state index contributed by atoms with van der Waals surface area (Å²) in [5, 5.41) is 13.7. The van der Waals surface area contributed by atoms with Gasteiger partial charge in [-0.25, -0.2) is 8.78 Å². The van der Waals surface area contributed by atoms with Crippen molar-refractivity contribution in [2.24, 2.45) is 0 Å². The smallest absolute Gasteiger partial charge is 0.274 e. The van der Waals surface area contributed by atoms with Crippen molar-refractivity contribution in [3.8, 4) is 0 Å². The predicted octanol–water partition coefficient (Wildman–Crippen LogP) is 4.81. The van der Waals surface area contributed by atoms with Gasteiger partial charge in [-0.1, -0.05) is 18.2 Å². The second kappa shape index (κ2) is 6.17. The van der Waals surface area contributed by atoms with Gasteiger partial charge in [0.15, 0.2) is 0 Å². The first-order valence-corrected chi connectivity index (χ1v) is 6.84. The third-order valence-electron chi connectivity index (χ3n) is 2.98. The Bertz CT molecular complexity index is 695. The number of nitrogens with one attached hydrogen (secondary N) is 1. The second-order valence-electron chi connectivity index (χ2n) is 4.43. The van der Waals surface area contributed by atoms with E-state index in [4.69, 9.17) is 0 Å². The lowest BCUT2D eigenvalue weighted by Crippen LogP contribution is -2.10. The minimum absolute atomic E-state index is 0.0175. The van der Waals surface area contributed by atoms with Gasteiger partial charge in [-0.05, 0) is 28.9 Å². The first kappa shape index (κ1) is 15.4. The van der Waals surface area contributed by atoms with Crippen molar-refractivity contribution in [3.05, 3.63) is 68.2 Å². The number of nitro benzene ring substituents is 1. The number of nitro groups is 1. The molecular formula is C14H11BrF2N2O2. The molecule has 0 aliphatic carbocycles. The van der Waals surface area contributed by atoms with Crippen molar-refractivity contribution in [1.82, 2.24) is 0 Å². The fourth-order valence-electron chi connectivity index (χ4n) is 1.96. The van der Waals surface area contributed by atoms with E-state index in [2.05, 4.69) is 21.2 Å². The Balaban J connectivity index is 2.33. The number of halogens is 3. The number of hydrogen-bond acceptors (Lipinski definition) is 3. The maximum absolute atomic E-state index is 13.8. The minimum atomic E-state index is -0.645. The maximum atomic E-state index is 13.8. The molecule has 0 saturated heterocycles. The Kier molecular flexibility index (Phi) is 4.52. The van der Waals surface area contributed by atoms with Gasteiger partial charge >= 0.3 is 0 Å². The summed E-state index contributed by atoms with van der Waals surface area (Å²) < 4.78 is 27.2. The lowest BCUT2D eigenvalue weighted by atomic mass is 10.1. The topological polar surface area (TPSA) is 55.2 Å². The van der Waals surface area contributed by atoms with E-state index in [9.17, 15) is 18.9 Å². The quantitative estimate of drug-likeness (QED) is 0.485. The molecule has 0 saturated carbocycles. The maximum Gasteiger partial charge on any atom is 0.274 e. The van der Waals surface area contributed by atoms with Crippen LogP contribution in [-0.2, 0) is 0 Å². The van der Waals surface area contributed by atoms with Crippen LogP contribution >= 0.6 is 15.9 Å². The van der Waals surface area contributed by atoms with Crippen molar-refractivity contribution in [2.75, 3.05) is 5.32 Å². The summed E-state index contributed by atoms with van der Waals surface area (Å²) in [6, 6.07) is 7.60. The van der Waals surface area contributed by atoms with Crippen molar-refractivity contribution >= 4 is 27.3 Å². The van der Waals surface area contributed by atoms with E-state index >= 15 is 0 Å². The molecule has 1 atom stereocenters. The molecule has 0 spiro atoms. The molecule has 1 unspecified atom stereocenters. The number of rotatable bonds is 4. The van der Waals surface area contributed by atoms with E-state index in [1.54, 1.807) is 25.1 Å². The van der Waals surface area contributed by atoms with E-state index in [0.717, 1.165) is 12.1 Å². The van der Waals surface area contributed by atoms with E-state index in [-0.39, 0.29) is 15.8 Å². The zero-order valence-corrected chi connectivity index (χ0v) is 12.5. The van der Waals surface area contributed by atoms with Gasteiger partial charge < -0.3 is 5.32 Å². The van der Waals surface area contributed by atoms with E-state index in [0.29, 0.717) is 5.56 Å². The third kappa shape index (κ3) is 3.36. The molecule has 21 heavy (non-hydrogen) atoms. The van der Waals surface area contributed by atoms with Crippen molar-refractivity contribution in [1.29, 1.82) is 0 Å². The van der Waals surface area contributed by atoms with Crippen LogP contribution in [0.4, 0.5) is 20.2 Å². The van der Waals surface area contributed by atoms with Gasteiger partial charge in [-0.3, -0.25) is 10.1 Å². The average Bonchev–Trinajstić information content (AvgIpc) is 2.44. The minimum Gasteiger partial charge on any atom is -0.376 e. The van der Waals surface area contributed by atoms with Crippen molar-refractivity contribution in [3.63, 3.8) is 0 Å². The van der Waals surface area contributed by atoms with Crippen LogP contribution in [0, 0.1) is 21.7 Å². The van der Waals surface area contributed by atoms with Gasteiger partial charge in [0.2, 0.25) is 0 Å². The van der Waals surface area contributed by atoms with Crippen molar-refractivity contribution < 1.29 is 13.7 Å². The van der Waals surface area contributed by atoms with Crippen LogP contribution in [0.2, 0.25) is 0 Å². The molecule has 0 aromatic heterocycles. The molecule has 0 bridgehead atoms. The Morgan fingerprint density at radius 2 is 1.90 bits per heavy atom. The van der Waals surface area contributed by atoms with Crippen LogP contribution in [0.25, 0.3) is 0 Å². The number of nitrogens with zero attached hydrogens (tertiary/aromatic N) is 1. The Morgan fingerprint density at radius 1 is 1.24 bits per heavy atom. The summed E-state index contributed by atoms with van der Waals surface area (Å²) in [6.07, 6.45) is 0. The molecule has 4 nitrogen and oxygen atoms in total. The van der Waals surface area contributed by atoms with Crippen LogP contribution in [0.5, 0.6) is 0 Å². The second-order valence-corrected chi connectivity index (χ2v) is 5.28. The molecule has 0 aliphatic rings. The Labute approximate surface area is 128 Å². The van der Waals surface area contributed by atoms with E-state index < -0.39 is 22.6 Å². The lowest BCUT2D eigenvalue weighted by Gasteiger charge is -2.16. The monoisotopic (exact) mass is 356 g/mol. The molecule has 1 N–H and O–H groups in total. The largest absolute Gasteiger partial charge is 0.376 e. The van der Waals surface area contributed by atoms with Gasteiger partial charge in [0.1, 0.15) is 11.6 Å². The summed E-state index contributed by atoms with van der Waals surface area (Å²) in [4.78, 5) is 10.5. The highest BCUT2D eigenvalue weighted by atomic mass is 79.9. The SMILES string of the molecule is CC(Nc1cc(F)c(Br)cc1F)c1ccccc1[N+](=O)[O-]. The van der Waals surface area contributed by atoms with Gasteiger partial charge in [-0.15, -0.1) is 0 Å². The summed E-state index contributed by atoms with van der Waals surface area (Å²) in [5.74, 6) is -1.26. The predicted molar refractivity (Wildman–Crippen MR) is 79.2 cm³/mol. The molecular weight excluding hydrogens is 346 g/mol. The van der Waals surface area contributed by atoms with Crippen LogP contribution in [0.15, 0.2) is 40.9 Å². The first-order chi connectivity index (χ1) is 9.90. The molecule has 0 aliphatic heterocycles.